The van der Waals surface area contributed by atoms with Crippen molar-refractivity contribution < 1.29 is 102 Å². The first-order chi connectivity index (χ1) is 52.4. The average Bonchev–Trinajstić information content (AvgIpc) is 0.734. The number of carbonyl (C=O) groups is 9. The van der Waals surface area contributed by atoms with Gasteiger partial charge in [0, 0.05) is 103 Å². The zero-order valence-corrected chi connectivity index (χ0v) is 71.3. The number of fused-ring (bicyclic) bond motifs is 3. The van der Waals surface area contributed by atoms with Gasteiger partial charge in [0.2, 0.25) is 18.1 Å². The number of phenolic OH excluding ortho intramolecular Hbond substituents is 6. The molecule has 0 spiro atoms. The second-order valence-corrected chi connectivity index (χ2v) is 37.6. The van der Waals surface area contributed by atoms with Crippen LogP contribution >= 0.6 is 23.2 Å². The molecule has 4 amide bonds. The SMILES string of the molecule is C.CC(C)(C)OC(=O)NCCC(=O)O.C[C@@H]1[C@H](N)C[C@H]2C(C)(C)CCC[C@]2(C)[C@H]1C(=O)c1cc(O)cc(O)c1.C[C@@H]1[C@H](NC(=O)CCN)C[C@H]2C(C)(C)CCC[C@]2(C)[C@H]1C(=O)c1cc(O)cc(O)c1.C[C@@H]1[C@H](NC(=O)CCNC(=O)OC(C)(C)C)C[C@H]2C(C)(C)CCC[C@]2(C)[C@H]1C(=O)c1cc(O)cc(O)c1.ClCCl.O=CC(F)(F)F. The Bertz CT molecular complexity index is 3750. The molecule has 0 unspecified atom stereocenters. The number of alkyl carbamates (subject to hydrolysis) is 2. The summed E-state index contributed by atoms with van der Waals surface area (Å²) in [5, 5.41) is 79.3. The summed E-state index contributed by atoms with van der Waals surface area (Å²) in [6, 6.07) is 11.9. The van der Waals surface area contributed by atoms with Crippen molar-refractivity contribution in [2.45, 2.75) is 264 Å². The van der Waals surface area contributed by atoms with E-state index < -0.39 is 47.7 Å². The first-order valence-corrected chi connectivity index (χ1v) is 40.5. The molecule has 6 aliphatic rings. The van der Waals surface area contributed by atoms with E-state index in [9.17, 15) is 82.2 Å². The second-order valence-electron chi connectivity index (χ2n) is 36.8. The van der Waals surface area contributed by atoms with Gasteiger partial charge >= 0.3 is 24.3 Å². The highest BCUT2D eigenvalue weighted by Crippen LogP contribution is 2.65. The van der Waals surface area contributed by atoms with Crippen molar-refractivity contribution in [2.75, 3.05) is 25.0 Å². The number of nitrogens with two attached hydrogens (primary N) is 2. The number of phenols is 6. The predicted octanol–water partition coefficient (Wildman–Crippen LogP) is 16.7. The molecule has 115 heavy (non-hydrogen) atoms. The summed E-state index contributed by atoms with van der Waals surface area (Å²) in [6.45, 7) is 37.5. The lowest BCUT2D eigenvalue weighted by atomic mass is 9.45. The number of halogens is 5. The van der Waals surface area contributed by atoms with Gasteiger partial charge in [0.1, 0.15) is 45.7 Å². The van der Waals surface area contributed by atoms with Gasteiger partial charge in [-0.3, -0.25) is 33.6 Å². The number of aliphatic carboxylic acids is 1. The van der Waals surface area contributed by atoms with Crippen LogP contribution in [0.15, 0.2) is 54.6 Å². The highest BCUT2D eigenvalue weighted by molar-refractivity contribution is 6.40. The third kappa shape index (κ3) is 28.3. The number of hydrogen-bond acceptors (Lipinski definition) is 19. The van der Waals surface area contributed by atoms with Crippen LogP contribution in [0.2, 0.25) is 0 Å². The maximum atomic E-state index is 14.0. The topological polar surface area (TPSA) is 414 Å². The minimum Gasteiger partial charge on any atom is -0.508 e. The van der Waals surface area contributed by atoms with Crippen molar-refractivity contribution in [2.24, 2.45) is 97.2 Å². The Morgan fingerprint density at radius 2 is 0.757 bits per heavy atom. The molecule has 3 aromatic rings. The molecule has 6 fully saturated rings. The van der Waals surface area contributed by atoms with Gasteiger partial charge in [0.05, 0.1) is 11.8 Å². The van der Waals surface area contributed by atoms with Crippen LogP contribution in [0.5, 0.6) is 34.5 Å². The number of aromatic hydroxyl groups is 6. The molecule has 15 atom stereocenters. The molecule has 6 aliphatic carbocycles. The number of benzene rings is 3. The molecule has 0 heterocycles. The van der Waals surface area contributed by atoms with Crippen LogP contribution in [-0.4, -0.2) is 150 Å². The summed E-state index contributed by atoms with van der Waals surface area (Å²) in [5.41, 5.74) is 11.5. The number of amides is 4. The van der Waals surface area contributed by atoms with E-state index in [2.05, 4.69) is 90.5 Å². The first kappa shape index (κ1) is 102. The molecule has 9 rings (SSSR count). The van der Waals surface area contributed by atoms with Crippen molar-refractivity contribution in [3.05, 3.63) is 71.3 Å². The standard InChI is InChI=1S/C29H44N2O6.C24H36N2O4.C21H31NO3.C8H15NO4.C2HF3O.CH2Cl2.CH4/c1-17-21(31-23(34)9-12-30-26(36)37-27(2,3)4)16-22-28(5,6)10-8-11-29(22,7)24(17)25(35)18-13-19(32)15-20(33)14-18;1-14-18(26-20(29)6-9-25)13-19-23(2,3)7-5-8-24(19,4)21(14)22(30)15-10-16(27)12-17(28)11-15;1-12-16(22)11-17-20(2,3)6-5-7-21(17,4)18(12)19(25)13-8-14(23)10-15(24)9-13;1-8(2,3)13-7(12)9-5-4-6(10)11;3-2(4,5)1-6;2-1-3;/h13-15,17,21-22,24,32-33H,8-12,16H2,1-7H3,(H,30,36)(H,31,34);10-12,14,18-19,21,27-28H,5-9,13,25H2,1-4H3,(H,26,29);8-10,12,16-18,23-24H,5-7,11,22H2,1-4H3;4-5H2,1-3H3,(H,9,12)(H,10,11);1H;1H2;1H4/t17-,21-,22+,24-,29+;14-,18-,19+,21-,24+;12-,16-,17+,18-,21+;;;;/m111..../s1. The van der Waals surface area contributed by atoms with Gasteiger partial charge in [-0.1, -0.05) is 110 Å². The summed E-state index contributed by atoms with van der Waals surface area (Å²) in [7, 11) is 0. The summed E-state index contributed by atoms with van der Waals surface area (Å²) < 4.78 is 41.4. The number of carbonyl (C=O) groups excluding carboxylic acids is 8. The van der Waals surface area contributed by atoms with Crippen LogP contribution in [-0.2, 0) is 28.7 Å². The van der Waals surface area contributed by atoms with Crippen molar-refractivity contribution in [1.29, 1.82) is 0 Å². The summed E-state index contributed by atoms with van der Waals surface area (Å²) in [5.74, 6) is -2.29. The molecule has 0 saturated heterocycles. The monoisotopic (exact) mass is 1660 g/mol. The summed E-state index contributed by atoms with van der Waals surface area (Å²) >= 11 is 9.53. The molecule has 0 radical (unpaired) electrons. The van der Waals surface area contributed by atoms with Crippen LogP contribution < -0.4 is 32.7 Å². The number of ketones is 3. The molecule has 0 bridgehead atoms. The van der Waals surface area contributed by atoms with Crippen LogP contribution in [0.4, 0.5) is 22.8 Å². The van der Waals surface area contributed by atoms with E-state index in [4.69, 9.17) is 54.0 Å². The lowest BCUT2D eigenvalue weighted by molar-refractivity contribution is -0.156. The largest absolute Gasteiger partial charge is 0.508 e. The minimum atomic E-state index is -4.64. The Labute approximate surface area is 688 Å². The minimum absolute atomic E-state index is 0. The summed E-state index contributed by atoms with van der Waals surface area (Å²) in [6.07, 6.45) is 5.41. The molecule has 0 aliphatic heterocycles. The predicted molar refractivity (Wildman–Crippen MR) is 438 cm³/mol. The quantitative estimate of drug-likeness (QED) is 0.0360. The van der Waals surface area contributed by atoms with E-state index in [0.29, 0.717) is 23.6 Å². The van der Waals surface area contributed by atoms with Crippen LogP contribution in [0.1, 0.15) is 259 Å². The fourth-order valence-electron chi connectivity index (χ4n) is 19.9. The van der Waals surface area contributed by atoms with Crippen LogP contribution in [0.25, 0.3) is 0 Å². The van der Waals surface area contributed by atoms with Crippen molar-refractivity contribution in [3.8, 4) is 34.5 Å². The number of Topliss-reactive ketones (excluding diaryl/α,β-unsaturated/α-hetero) is 3. The number of hydrogen-bond donors (Lipinski definition) is 13. The first-order valence-electron chi connectivity index (χ1n) is 39.4. The number of carboxylic acids is 1. The molecule has 650 valence electrons. The molecule has 15 N–H and O–H groups in total. The Balaban J connectivity index is 0.000000397. The van der Waals surface area contributed by atoms with Gasteiger partial charge in [-0.15, -0.1) is 23.2 Å². The summed E-state index contributed by atoms with van der Waals surface area (Å²) in [4.78, 5) is 108. The zero-order chi connectivity index (χ0) is 87.0. The molecular formula is C86H133Cl2F3N6O18. The van der Waals surface area contributed by atoms with E-state index >= 15 is 0 Å². The van der Waals surface area contributed by atoms with Gasteiger partial charge in [-0.2, -0.15) is 13.2 Å². The fourth-order valence-corrected chi connectivity index (χ4v) is 19.9. The van der Waals surface area contributed by atoms with Crippen molar-refractivity contribution in [3.63, 3.8) is 0 Å². The normalized spacial score (nSPS) is 28.0. The van der Waals surface area contributed by atoms with Crippen molar-refractivity contribution >= 4 is 76.8 Å². The number of ether oxygens (including phenoxy) is 2. The molecule has 29 heteroatoms. The third-order valence-corrected chi connectivity index (χ3v) is 24.6. The lowest BCUT2D eigenvalue weighted by Gasteiger charge is -2.60. The molecular weight excluding hydrogens is 1530 g/mol. The third-order valence-electron chi connectivity index (χ3n) is 24.6. The van der Waals surface area contributed by atoms with Gasteiger partial charge in [-0.25, -0.2) is 9.59 Å². The molecule has 3 aromatic carbocycles. The Morgan fingerprint density at radius 1 is 0.487 bits per heavy atom. The number of aldehydes is 1. The highest BCUT2D eigenvalue weighted by Gasteiger charge is 2.62. The van der Waals surface area contributed by atoms with Gasteiger partial charge < -0.3 is 78.0 Å². The number of carboxylic acid groups (broad SMARTS) is 1. The number of rotatable bonds is 16. The maximum absolute atomic E-state index is 14.0. The van der Waals surface area contributed by atoms with E-state index in [1.54, 1.807) is 41.5 Å². The zero-order valence-electron chi connectivity index (χ0n) is 69.8. The Morgan fingerprint density at radius 3 is 1.03 bits per heavy atom. The molecule has 24 nitrogen and oxygen atoms in total. The van der Waals surface area contributed by atoms with Crippen LogP contribution in [0.3, 0.4) is 0 Å². The fraction of sp³-hybridized carbons (Fsp3) is 0.686. The van der Waals surface area contributed by atoms with E-state index in [-0.39, 0.29) is 206 Å². The van der Waals surface area contributed by atoms with Gasteiger partial charge in [-0.05, 0) is 204 Å². The second kappa shape index (κ2) is 41.7. The smallest absolute Gasteiger partial charge is 0.446 e. The maximum Gasteiger partial charge on any atom is 0.446 e. The van der Waals surface area contributed by atoms with E-state index in [0.717, 1.165) is 70.6 Å². The number of alkyl halides is 5. The van der Waals surface area contributed by atoms with Crippen LogP contribution in [0, 0.1) is 85.8 Å². The highest BCUT2D eigenvalue weighted by atomic mass is 35.5. The Hall–Kier alpha value is -7.62. The average molecular weight is 1670 g/mol. The van der Waals surface area contributed by atoms with E-state index in [1.165, 1.54) is 61.0 Å². The lowest BCUT2D eigenvalue weighted by Crippen LogP contribution is -2.60. The van der Waals surface area contributed by atoms with Gasteiger partial charge in [0.15, 0.2) is 17.3 Å². The van der Waals surface area contributed by atoms with Gasteiger partial charge in [0.25, 0.3) is 0 Å². The van der Waals surface area contributed by atoms with E-state index in [1.807, 2.05) is 13.8 Å². The molecule has 6 saturated carbocycles. The Kier molecular flexibility index (Phi) is 36.8. The number of nitrogens with one attached hydrogen (secondary N) is 4. The molecule has 0 aromatic heterocycles. The van der Waals surface area contributed by atoms with Crippen molar-refractivity contribution in [1.82, 2.24) is 21.3 Å².